The number of aryl methyl sites for hydroxylation is 1. The SMILES string of the molecule is C[C@H]1CN(c2ccc3nc(-c4cc(F)c5nn(C)cc5c4)ncc3c2)C[C@H](C)N1C(=O)OC(C)(C)C. The van der Waals surface area contributed by atoms with Gasteiger partial charge in [0.15, 0.2) is 11.6 Å². The van der Waals surface area contributed by atoms with Gasteiger partial charge in [0, 0.05) is 54.6 Å². The summed E-state index contributed by atoms with van der Waals surface area (Å²) in [7, 11) is 1.77. The Labute approximate surface area is 209 Å². The molecule has 2 aromatic heterocycles. The third-order valence-corrected chi connectivity index (χ3v) is 6.39. The Bertz CT molecular complexity index is 1450. The second kappa shape index (κ2) is 8.72. The predicted octanol–water partition coefficient (Wildman–Crippen LogP) is 5.16. The monoisotopic (exact) mass is 490 g/mol. The van der Waals surface area contributed by atoms with Crippen LogP contribution in [0.5, 0.6) is 0 Å². The molecule has 2 aromatic carbocycles. The van der Waals surface area contributed by atoms with Crippen molar-refractivity contribution in [2.45, 2.75) is 52.3 Å². The van der Waals surface area contributed by atoms with Crippen LogP contribution in [-0.2, 0) is 11.8 Å². The topological polar surface area (TPSA) is 76.4 Å². The smallest absolute Gasteiger partial charge is 0.410 e. The fourth-order valence-corrected chi connectivity index (χ4v) is 4.91. The third-order valence-electron chi connectivity index (χ3n) is 6.39. The van der Waals surface area contributed by atoms with E-state index in [2.05, 4.69) is 21.0 Å². The molecule has 0 unspecified atom stereocenters. The number of ether oxygens (including phenoxy) is 1. The average molecular weight is 491 g/mol. The molecule has 4 aromatic rings. The van der Waals surface area contributed by atoms with Crippen molar-refractivity contribution < 1.29 is 13.9 Å². The van der Waals surface area contributed by atoms with Crippen molar-refractivity contribution in [3.05, 3.63) is 48.5 Å². The van der Waals surface area contributed by atoms with E-state index >= 15 is 0 Å². The van der Waals surface area contributed by atoms with Crippen LogP contribution in [0.2, 0.25) is 0 Å². The van der Waals surface area contributed by atoms with Gasteiger partial charge in [-0.25, -0.2) is 19.2 Å². The average Bonchev–Trinajstić information content (AvgIpc) is 3.17. The standard InChI is InChI=1S/C27H31FN6O2/c1-16-13-33(14-17(2)34(16)26(35)36-27(3,4)5)21-7-8-23-19(10-21)12-29-25(30-23)18-9-20-15-32(6)31-24(20)22(28)11-18/h7-12,15-17H,13-14H2,1-6H3/t16-,17-/m0/s1. The molecular weight excluding hydrogens is 459 g/mol. The number of hydrogen-bond donors (Lipinski definition) is 0. The summed E-state index contributed by atoms with van der Waals surface area (Å²) in [6.45, 7) is 11.1. The van der Waals surface area contributed by atoms with E-state index in [1.165, 1.54) is 6.07 Å². The molecule has 1 aliphatic heterocycles. The molecule has 0 bridgehead atoms. The van der Waals surface area contributed by atoms with Crippen molar-refractivity contribution in [3.8, 4) is 11.4 Å². The number of carbonyl (C=O) groups is 1. The molecule has 9 heteroatoms. The first-order chi connectivity index (χ1) is 17.0. The molecule has 8 nitrogen and oxygen atoms in total. The number of piperazine rings is 1. The highest BCUT2D eigenvalue weighted by atomic mass is 19.1. The quantitative estimate of drug-likeness (QED) is 0.387. The van der Waals surface area contributed by atoms with Gasteiger partial charge in [0.1, 0.15) is 11.1 Å². The number of anilines is 1. The van der Waals surface area contributed by atoms with E-state index in [9.17, 15) is 9.18 Å². The Balaban J connectivity index is 1.38. The summed E-state index contributed by atoms with van der Waals surface area (Å²) >= 11 is 0. The minimum Gasteiger partial charge on any atom is -0.444 e. The van der Waals surface area contributed by atoms with Crippen LogP contribution in [0.1, 0.15) is 34.6 Å². The van der Waals surface area contributed by atoms with Crippen LogP contribution in [0.3, 0.4) is 0 Å². The molecule has 1 saturated heterocycles. The van der Waals surface area contributed by atoms with Crippen LogP contribution < -0.4 is 4.90 Å². The molecule has 5 rings (SSSR count). The molecular formula is C27H31FN6O2. The lowest BCUT2D eigenvalue weighted by atomic mass is 10.1. The molecule has 0 aliphatic carbocycles. The highest BCUT2D eigenvalue weighted by Gasteiger charge is 2.35. The molecule has 0 spiro atoms. The summed E-state index contributed by atoms with van der Waals surface area (Å²) in [4.78, 5) is 26.1. The molecule has 36 heavy (non-hydrogen) atoms. The van der Waals surface area contributed by atoms with Gasteiger partial charge in [-0.3, -0.25) is 9.58 Å². The van der Waals surface area contributed by atoms with Gasteiger partial charge < -0.3 is 9.64 Å². The minimum atomic E-state index is -0.527. The van der Waals surface area contributed by atoms with E-state index in [4.69, 9.17) is 9.72 Å². The van der Waals surface area contributed by atoms with Gasteiger partial charge in [-0.15, -0.1) is 0 Å². The largest absolute Gasteiger partial charge is 0.444 e. The summed E-state index contributed by atoms with van der Waals surface area (Å²) in [6.07, 6.45) is 3.28. The number of nitrogens with zero attached hydrogens (tertiary/aromatic N) is 6. The van der Waals surface area contributed by atoms with E-state index in [1.54, 1.807) is 24.1 Å². The summed E-state index contributed by atoms with van der Waals surface area (Å²) in [5.41, 5.74) is 2.25. The van der Waals surface area contributed by atoms with Crippen molar-refractivity contribution in [3.63, 3.8) is 0 Å². The van der Waals surface area contributed by atoms with E-state index in [0.29, 0.717) is 35.4 Å². The maximum absolute atomic E-state index is 14.6. The summed E-state index contributed by atoms with van der Waals surface area (Å²) < 4.78 is 21.8. The summed E-state index contributed by atoms with van der Waals surface area (Å²) in [5.74, 6) is 0.0732. The minimum absolute atomic E-state index is 0.00443. The van der Waals surface area contributed by atoms with E-state index in [1.807, 2.05) is 57.7 Å². The second-order valence-electron chi connectivity index (χ2n) is 10.6. The Morgan fingerprint density at radius 3 is 2.50 bits per heavy atom. The molecule has 1 amide bonds. The highest BCUT2D eigenvalue weighted by Crippen LogP contribution is 2.29. The lowest BCUT2D eigenvalue weighted by Gasteiger charge is -2.45. The lowest BCUT2D eigenvalue weighted by Crippen LogP contribution is -2.59. The number of halogens is 1. The highest BCUT2D eigenvalue weighted by molar-refractivity contribution is 5.86. The van der Waals surface area contributed by atoms with Gasteiger partial charge in [-0.2, -0.15) is 5.10 Å². The summed E-state index contributed by atoms with van der Waals surface area (Å²) in [6, 6.07) is 9.33. The van der Waals surface area contributed by atoms with Crippen molar-refractivity contribution >= 4 is 33.6 Å². The number of aromatic nitrogens is 4. The zero-order valence-electron chi connectivity index (χ0n) is 21.5. The number of carbonyl (C=O) groups excluding carboxylic acids is 1. The van der Waals surface area contributed by atoms with Crippen LogP contribution in [-0.4, -0.2) is 61.5 Å². The van der Waals surface area contributed by atoms with Crippen LogP contribution >= 0.6 is 0 Å². The Morgan fingerprint density at radius 1 is 1.08 bits per heavy atom. The van der Waals surface area contributed by atoms with Gasteiger partial charge in [-0.1, -0.05) is 0 Å². The number of hydrogen-bond acceptors (Lipinski definition) is 6. The molecule has 2 atom stereocenters. The molecule has 0 N–H and O–H groups in total. The third kappa shape index (κ3) is 4.57. The van der Waals surface area contributed by atoms with Crippen LogP contribution in [0.15, 0.2) is 42.7 Å². The number of benzene rings is 2. The van der Waals surface area contributed by atoms with Gasteiger partial charge >= 0.3 is 6.09 Å². The molecule has 1 fully saturated rings. The molecule has 3 heterocycles. The van der Waals surface area contributed by atoms with Crippen LogP contribution in [0.4, 0.5) is 14.9 Å². The van der Waals surface area contributed by atoms with Gasteiger partial charge in [0.2, 0.25) is 0 Å². The van der Waals surface area contributed by atoms with Gasteiger partial charge in [0.25, 0.3) is 0 Å². The maximum atomic E-state index is 14.6. The van der Waals surface area contributed by atoms with Gasteiger partial charge in [-0.05, 0) is 65.0 Å². The van der Waals surface area contributed by atoms with Crippen molar-refractivity contribution in [1.29, 1.82) is 0 Å². The fourth-order valence-electron chi connectivity index (χ4n) is 4.91. The Morgan fingerprint density at radius 2 is 1.81 bits per heavy atom. The van der Waals surface area contributed by atoms with E-state index in [-0.39, 0.29) is 18.2 Å². The Kier molecular flexibility index (Phi) is 5.81. The fraction of sp³-hybridized carbons (Fsp3) is 0.407. The van der Waals surface area contributed by atoms with E-state index < -0.39 is 11.4 Å². The van der Waals surface area contributed by atoms with Crippen LogP contribution in [0, 0.1) is 5.82 Å². The maximum Gasteiger partial charge on any atom is 0.410 e. The zero-order valence-corrected chi connectivity index (χ0v) is 21.5. The first kappa shape index (κ1) is 24.0. The second-order valence-corrected chi connectivity index (χ2v) is 10.6. The molecule has 0 saturated carbocycles. The van der Waals surface area contributed by atoms with Crippen molar-refractivity contribution in [2.75, 3.05) is 18.0 Å². The number of fused-ring (bicyclic) bond motifs is 2. The predicted molar refractivity (Wildman–Crippen MR) is 138 cm³/mol. The Hall–Kier alpha value is -3.75. The van der Waals surface area contributed by atoms with Crippen molar-refractivity contribution in [2.24, 2.45) is 7.05 Å². The molecule has 188 valence electrons. The number of rotatable bonds is 2. The molecule has 0 radical (unpaired) electrons. The van der Waals surface area contributed by atoms with E-state index in [0.717, 1.165) is 16.6 Å². The molecule has 1 aliphatic rings. The van der Waals surface area contributed by atoms with Gasteiger partial charge in [0.05, 0.1) is 17.6 Å². The van der Waals surface area contributed by atoms with Crippen LogP contribution in [0.25, 0.3) is 33.2 Å². The summed E-state index contributed by atoms with van der Waals surface area (Å²) in [5, 5.41) is 5.77. The lowest BCUT2D eigenvalue weighted by molar-refractivity contribution is 0.00566. The first-order valence-corrected chi connectivity index (χ1v) is 12.1. The normalized spacial score (nSPS) is 18.8. The van der Waals surface area contributed by atoms with Crippen molar-refractivity contribution in [1.82, 2.24) is 24.6 Å². The zero-order chi connectivity index (χ0) is 25.8. The number of amides is 1. The first-order valence-electron chi connectivity index (χ1n) is 12.1.